The summed E-state index contributed by atoms with van der Waals surface area (Å²) in [6, 6.07) is 2.83. The van der Waals surface area contributed by atoms with Gasteiger partial charge in [0, 0.05) is 16.0 Å². The highest BCUT2D eigenvalue weighted by Crippen LogP contribution is 2.53. The number of benzene rings is 1. The van der Waals surface area contributed by atoms with Gasteiger partial charge in [-0.05, 0) is 31.6 Å². The molecule has 0 N–H and O–H groups in total. The van der Waals surface area contributed by atoms with Crippen molar-refractivity contribution in [2.24, 2.45) is 0 Å². The minimum Gasteiger partial charge on any atom is -0.386 e. The van der Waals surface area contributed by atoms with E-state index in [1.165, 1.54) is 30.0 Å². The lowest BCUT2D eigenvalue weighted by Crippen LogP contribution is -2.36. The van der Waals surface area contributed by atoms with Crippen LogP contribution in [0.4, 0.5) is 0 Å². The fourth-order valence-electron chi connectivity index (χ4n) is 3.64. The third-order valence-electron chi connectivity index (χ3n) is 4.92. The number of hydrogen-bond acceptors (Lipinski definition) is 8. The van der Waals surface area contributed by atoms with E-state index in [2.05, 4.69) is 9.47 Å². The Hall–Kier alpha value is -3.00. The monoisotopic (exact) mass is 368 g/mol. The van der Waals surface area contributed by atoms with Gasteiger partial charge < -0.3 is 9.47 Å². The van der Waals surface area contributed by atoms with Crippen LogP contribution in [0.2, 0.25) is 0 Å². The van der Waals surface area contributed by atoms with Crippen molar-refractivity contribution in [3.63, 3.8) is 0 Å². The minimum absolute atomic E-state index is 0.0538. The molecule has 0 saturated carbocycles. The van der Waals surface area contributed by atoms with E-state index in [4.69, 9.17) is 0 Å². The van der Waals surface area contributed by atoms with Gasteiger partial charge in [0.2, 0.25) is 0 Å². The second kappa shape index (κ2) is 4.59. The van der Waals surface area contributed by atoms with E-state index < -0.39 is 28.6 Å². The van der Waals surface area contributed by atoms with Crippen LogP contribution in [0.5, 0.6) is 0 Å². The summed E-state index contributed by atoms with van der Waals surface area (Å²) in [6.45, 7) is 1.79. The number of hydrogen-bond donors (Lipinski definition) is 0. The lowest BCUT2D eigenvalue weighted by Gasteiger charge is -2.37. The van der Waals surface area contributed by atoms with Crippen molar-refractivity contribution in [1.82, 2.24) is 0 Å². The van der Waals surface area contributed by atoms with E-state index in [9.17, 15) is 24.0 Å². The summed E-state index contributed by atoms with van der Waals surface area (Å²) >= 11 is 1.31. The van der Waals surface area contributed by atoms with Gasteiger partial charge in [-0.2, -0.15) is 0 Å². The van der Waals surface area contributed by atoms with Gasteiger partial charge in [-0.3, -0.25) is 4.79 Å². The fourth-order valence-corrected chi connectivity index (χ4v) is 5.04. The number of Topliss-reactive ketones (excluding diaryl/α,β-unsaturated/α-hetero) is 1. The van der Waals surface area contributed by atoms with Gasteiger partial charge in [0.25, 0.3) is 0 Å². The van der Waals surface area contributed by atoms with Crippen LogP contribution in [0.25, 0.3) is 0 Å². The molecule has 0 aromatic heterocycles. The number of carbonyl (C=O) groups is 5. The summed E-state index contributed by atoms with van der Waals surface area (Å²) in [5.74, 6) is -3.33. The highest BCUT2D eigenvalue weighted by Gasteiger charge is 2.49. The van der Waals surface area contributed by atoms with Crippen LogP contribution in [0.1, 0.15) is 44.4 Å². The van der Waals surface area contributed by atoms with E-state index in [-0.39, 0.29) is 40.0 Å². The first-order chi connectivity index (χ1) is 12.3. The molecule has 1 aromatic carbocycles. The maximum Gasteiger partial charge on any atom is 0.346 e. The number of esters is 4. The Morgan fingerprint density at radius 1 is 0.885 bits per heavy atom. The van der Waals surface area contributed by atoms with E-state index in [1.807, 2.05) is 0 Å². The fraction of sp³-hybridized carbons (Fsp3) is 0.167. The van der Waals surface area contributed by atoms with Crippen LogP contribution in [-0.2, 0) is 19.1 Å². The molecular formula is C18H8O7S. The van der Waals surface area contributed by atoms with Crippen molar-refractivity contribution < 1.29 is 33.4 Å². The molecular weight excluding hydrogens is 360 g/mol. The minimum atomic E-state index is -0.786. The molecule has 1 aromatic rings. The highest BCUT2D eigenvalue weighted by atomic mass is 32.2. The molecule has 0 spiro atoms. The van der Waals surface area contributed by atoms with Crippen LogP contribution < -0.4 is 0 Å². The summed E-state index contributed by atoms with van der Waals surface area (Å²) in [5, 5.41) is 0. The Labute approximate surface area is 150 Å². The summed E-state index contributed by atoms with van der Waals surface area (Å²) in [6.07, 6.45) is 1.57. The predicted molar refractivity (Wildman–Crippen MR) is 85.6 cm³/mol. The van der Waals surface area contributed by atoms with Crippen LogP contribution in [0.15, 0.2) is 39.8 Å². The second-order valence-electron chi connectivity index (χ2n) is 6.54. The third kappa shape index (κ3) is 1.76. The van der Waals surface area contributed by atoms with Crippen molar-refractivity contribution in [3.05, 3.63) is 51.6 Å². The molecule has 3 heterocycles. The average molecular weight is 368 g/mol. The Kier molecular flexibility index (Phi) is 2.69. The van der Waals surface area contributed by atoms with Gasteiger partial charge in [0.1, 0.15) is 0 Å². The highest BCUT2D eigenvalue weighted by molar-refractivity contribution is 8.01. The molecule has 1 unspecified atom stereocenters. The molecule has 4 aliphatic rings. The quantitative estimate of drug-likeness (QED) is 0.504. The maximum absolute atomic E-state index is 13.0. The van der Waals surface area contributed by atoms with Gasteiger partial charge in [0.15, 0.2) is 5.78 Å². The number of thioether (sulfide) groups is 1. The second-order valence-corrected chi connectivity index (χ2v) is 8.08. The molecule has 5 rings (SSSR count). The van der Waals surface area contributed by atoms with Crippen molar-refractivity contribution in [2.45, 2.75) is 23.0 Å². The smallest absolute Gasteiger partial charge is 0.346 e. The number of cyclic esters (lactones) is 4. The molecule has 0 saturated heterocycles. The van der Waals surface area contributed by atoms with Crippen LogP contribution in [-0.4, -0.2) is 34.4 Å². The molecule has 0 bridgehead atoms. The van der Waals surface area contributed by atoms with Crippen molar-refractivity contribution in [3.8, 4) is 0 Å². The number of fused-ring (bicyclic) bond motifs is 3. The van der Waals surface area contributed by atoms with Gasteiger partial charge in [-0.1, -0.05) is 0 Å². The molecule has 128 valence electrons. The van der Waals surface area contributed by atoms with E-state index in [0.717, 1.165) is 0 Å². The first-order valence-electron chi connectivity index (χ1n) is 7.68. The van der Waals surface area contributed by atoms with E-state index in [1.54, 1.807) is 6.92 Å². The van der Waals surface area contributed by atoms with Crippen molar-refractivity contribution >= 4 is 41.4 Å². The van der Waals surface area contributed by atoms with E-state index in [0.29, 0.717) is 10.5 Å². The largest absolute Gasteiger partial charge is 0.386 e. The number of carbonyl (C=O) groups excluding carboxylic acids is 5. The molecule has 0 amide bonds. The molecule has 7 nitrogen and oxygen atoms in total. The van der Waals surface area contributed by atoms with Crippen molar-refractivity contribution in [1.29, 1.82) is 0 Å². The number of ether oxygens (including phenoxy) is 2. The zero-order chi connectivity index (χ0) is 18.4. The molecule has 0 fully saturated rings. The number of ketones is 1. The Bertz CT molecular complexity index is 1090. The molecule has 1 atom stereocenters. The standard InChI is InChI=1S/C18H8O7S/c1-18-5-10-7(15(21)25-17(10)23)3-11(18)13(19)9-2-6-8(4-12(9)26-18)16(22)24-14(6)20/h2-4H,5H2,1H3. The topological polar surface area (TPSA) is 104 Å². The zero-order valence-electron chi connectivity index (χ0n) is 13.2. The first kappa shape index (κ1) is 15.3. The predicted octanol–water partition coefficient (Wildman–Crippen LogP) is 1.75. The third-order valence-corrected chi connectivity index (χ3v) is 6.29. The van der Waals surface area contributed by atoms with Gasteiger partial charge in [0.05, 0.1) is 27.0 Å². The van der Waals surface area contributed by atoms with Crippen LogP contribution >= 0.6 is 11.8 Å². The molecule has 26 heavy (non-hydrogen) atoms. The molecule has 0 radical (unpaired) electrons. The zero-order valence-corrected chi connectivity index (χ0v) is 14.0. The molecule has 3 aliphatic heterocycles. The van der Waals surface area contributed by atoms with Crippen LogP contribution in [0, 0.1) is 0 Å². The lowest BCUT2D eigenvalue weighted by molar-refractivity contribution is -0.151. The van der Waals surface area contributed by atoms with Gasteiger partial charge in [-0.25, -0.2) is 19.2 Å². The Morgan fingerprint density at radius 2 is 1.54 bits per heavy atom. The molecule has 8 heteroatoms. The maximum atomic E-state index is 13.0. The SMILES string of the molecule is CC12CC3=C(C=C1C(=O)c1cc4c(cc1S2)C(=O)OC4=O)C(=O)OC3=O. The van der Waals surface area contributed by atoms with Crippen molar-refractivity contribution in [2.75, 3.05) is 0 Å². The Morgan fingerprint density at radius 3 is 2.27 bits per heavy atom. The van der Waals surface area contributed by atoms with E-state index >= 15 is 0 Å². The summed E-state index contributed by atoms with van der Waals surface area (Å²) in [5.41, 5.74) is 1.16. The first-order valence-corrected chi connectivity index (χ1v) is 8.50. The van der Waals surface area contributed by atoms with Gasteiger partial charge >= 0.3 is 23.9 Å². The average Bonchev–Trinajstić information content (AvgIpc) is 3.00. The Balaban J connectivity index is 1.70. The lowest BCUT2D eigenvalue weighted by atomic mass is 9.80. The summed E-state index contributed by atoms with van der Waals surface area (Å²) < 4.78 is 8.45. The van der Waals surface area contributed by atoms with Crippen LogP contribution in [0.3, 0.4) is 0 Å². The normalized spacial score (nSPS) is 26.0. The molecule has 1 aliphatic carbocycles. The van der Waals surface area contributed by atoms with Gasteiger partial charge in [-0.15, -0.1) is 11.8 Å². The summed E-state index contributed by atoms with van der Waals surface area (Å²) in [4.78, 5) is 60.8. The number of rotatable bonds is 0. The summed E-state index contributed by atoms with van der Waals surface area (Å²) in [7, 11) is 0.